The summed E-state index contributed by atoms with van der Waals surface area (Å²) in [4.78, 5) is 38.5. The zero-order valence-corrected chi connectivity index (χ0v) is 54.1. The number of unbranched alkanes of at least 4 members (excludes halogenated alkanes) is 42. The molecule has 0 aliphatic rings. The summed E-state index contributed by atoms with van der Waals surface area (Å²) in [5, 5.41) is 0. The zero-order chi connectivity index (χ0) is 58.5. The number of carbonyl (C=O) groups is 3. The van der Waals surface area contributed by atoms with Crippen molar-refractivity contribution in [1.82, 2.24) is 0 Å². The van der Waals surface area contributed by atoms with Gasteiger partial charge in [0.2, 0.25) is 0 Å². The van der Waals surface area contributed by atoms with Gasteiger partial charge >= 0.3 is 17.9 Å². The maximum absolute atomic E-state index is 13.0. The third-order valence-electron chi connectivity index (χ3n) is 15.7. The lowest BCUT2D eigenvalue weighted by Gasteiger charge is -2.18. The van der Waals surface area contributed by atoms with E-state index in [1.54, 1.807) is 0 Å². The van der Waals surface area contributed by atoms with Gasteiger partial charge in [0.15, 0.2) is 6.10 Å². The number of allylic oxidation sites excluding steroid dienone is 12. The summed E-state index contributed by atoms with van der Waals surface area (Å²) in [6, 6.07) is 0. The Morgan fingerprint density at radius 3 is 0.728 bits per heavy atom. The van der Waals surface area contributed by atoms with Crippen molar-refractivity contribution in [3.05, 3.63) is 72.9 Å². The number of carbonyl (C=O) groups excluding carboxylic acids is 3. The molecule has 0 aromatic rings. The number of hydrogen-bond acceptors (Lipinski definition) is 6. The van der Waals surface area contributed by atoms with Crippen molar-refractivity contribution in [2.24, 2.45) is 0 Å². The van der Waals surface area contributed by atoms with Gasteiger partial charge in [-0.2, -0.15) is 0 Å². The highest BCUT2D eigenvalue weighted by molar-refractivity contribution is 5.71. The quantitative estimate of drug-likeness (QED) is 0.0261. The van der Waals surface area contributed by atoms with Gasteiger partial charge in [0.1, 0.15) is 13.2 Å². The summed E-state index contributed by atoms with van der Waals surface area (Å²) in [6.45, 7) is 6.64. The third kappa shape index (κ3) is 67.5. The van der Waals surface area contributed by atoms with Crippen LogP contribution in [0.4, 0.5) is 0 Å². The van der Waals surface area contributed by atoms with Crippen LogP contribution in [0, 0.1) is 0 Å². The molecule has 6 heteroatoms. The Balaban J connectivity index is 4.32. The number of ether oxygens (including phenoxy) is 3. The molecule has 0 spiro atoms. The van der Waals surface area contributed by atoms with Crippen LogP contribution in [0.25, 0.3) is 0 Å². The summed E-state index contributed by atoms with van der Waals surface area (Å²) in [6.07, 6.45) is 90.6. The first-order chi connectivity index (χ1) is 40.0. The fourth-order valence-electron chi connectivity index (χ4n) is 10.3. The van der Waals surface area contributed by atoms with Crippen LogP contribution < -0.4 is 0 Å². The molecule has 0 amide bonds. The Labute approximate surface area is 503 Å². The predicted octanol–water partition coefficient (Wildman–Crippen LogP) is 24.4. The largest absolute Gasteiger partial charge is 0.462 e. The van der Waals surface area contributed by atoms with Crippen LogP contribution in [-0.2, 0) is 28.6 Å². The lowest BCUT2D eigenvalue weighted by atomic mass is 10.0. The molecule has 0 saturated carbocycles. The van der Waals surface area contributed by atoms with Crippen LogP contribution in [0.3, 0.4) is 0 Å². The average Bonchev–Trinajstić information content (AvgIpc) is 3.47. The fraction of sp³-hybridized carbons (Fsp3) is 0.800. The molecule has 0 aromatic carbocycles. The van der Waals surface area contributed by atoms with Gasteiger partial charge < -0.3 is 14.2 Å². The molecule has 0 N–H and O–H groups in total. The Hall–Kier alpha value is -3.15. The lowest BCUT2D eigenvalue weighted by molar-refractivity contribution is -0.167. The molecule has 0 rings (SSSR count). The fourth-order valence-corrected chi connectivity index (χ4v) is 10.3. The highest BCUT2D eigenvalue weighted by Gasteiger charge is 2.19. The summed E-state index contributed by atoms with van der Waals surface area (Å²) < 4.78 is 17.0. The molecule has 470 valence electrons. The Kier molecular flexibility index (Phi) is 66.6. The van der Waals surface area contributed by atoms with Crippen LogP contribution in [0.1, 0.15) is 367 Å². The molecule has 0 saturated heterocycles. The van der Waals surface area contributed by atoms with Gasteiger partial charge in [-0.05, 0) is 116 Å². The Morgan fingerprint density at radius 2 is 0.444 bits per heavy atom. The normalized spacial score (nSPS) is 12.5. The van der Waals surface area contributed by atoms with E-state index >= 15 is 0 Å². The first kappa shape index (κ1) is 77.9. The van der Waals surface area contributed by atoms with Crippen LogP contribution in [-0.4, -0.2) is 37.2 Å². The van der Waals surface area contributed by atoms with E-state index in [0.717, 1.165) is 77.0 Å². The molecule has 0 aliphatic carbocycles. The molecular formula is C75H134O6. The molecule has 0 radical (unpaired) electrons. The van der Waals surface area contributed by atoms with Gasteiger partial charge in [0, 0.05) is 19.3 Å². The Morgan fingerprint density at radius 1 is 0.247 bits per heavy atom. The van der Waals surface area contributed by atoms with Crippen LogP contribution in [0.15, 0.2) is 72.9 Å². The number of esters is 3. The lowest BCUT2D eigenvalue weighted by Crippen LogP contribution is -2.30. The molecule has 0 aliphatic heterocycles. The molecule has 0 heterocycles. The van der Waals surface area contributed by atoms with Crippen molar-refractivity contribution in [2.75, 3.05) is 13.2 Å². The molecule has 0 fully saturated rings. The summed E-state index contributed by atoms with van der Waals surface area (Å²) in [5.74, 6) is -0.867. The maximum Gasteiger partial charge on any atom is 0.306 e. The number of rotatable bonds is 65. The third-order valence-corrected chi connectivity index (χ3v) is 15.7. The van der Waals surface area contributed by atoms with E-state index in [0.29, 0.717) is 19.3 Å². The zero-order valence-electron chi connectivity index (χ0n) is 54.1. The highest BCUT2D eigenvalue weighted by Crippen LogP contribution is 2.17. The van der Waals surface area contributed by atoms with Crippen molar-refractivity contribution in [2.45, 2.75) is 374 Å². The first-order valence-corrected chi connectivity index (χ1v) is 35.4. The maximum atomic E-state index is 13.0. The topological polar surface area (TPSA) is 78.9 Å². The molecule has 0 aromatic heterocycles. The van der Waals surface area contributed by atoms with E-state index in [1.807, 2.05) is 0 Å². The van der Waals surface area contributed by atoms with E-state index < -0.39 is 6.10 Å². The van der Waals surface area contributed by atoms with Crippen molar-refractivity contribution >= 4 is 17.9 Å². The second-order valence-corrected chi connectivity index (χ2v) is 23.8. The molecule has 81 heavy (non-hydrogen) atoms. The van der Waals surface area contributed by atoms with Crippen molar-refractivity contribution in [3.8, 4) is 0 Å². The van der Waals surface area contributed by atoms with Crippen molar-refractivity contribution in [3.63, 3.8) is 0 Å². The average molecular weight is 1130 g/mol. The van der Waals surface area contributed by atoms with E-state index in [2.05, 4.69) is 93.7 Å². The van der Waals surface area contributed by atoms with Gasteiger partial charge in [-0.1, -0.05) is 306 Å². The van der Waals surface area contributed by atoms with Crippen LogP contribution in [0.5, 0.6) is 0 Å². The molecule has 1 unspecified atom stereocenters. The van der Waals surface area contributed by atoms with Crippen molar-refractivity contribution in [1.29, 1.82) is 0 Å². The van der Waals surface area contributed by atoms with Gasteiger partial charge in [-0.25, -0.2) is 0 Å². The van der Waals surface area contributed by atoms with Gasteiger partial charge in [0.05, 0.1) is 0 Å². The van der Waals surface area contributed by atoms with Crippen molar-refractivity contribution < 1.29 is 28.6 Å². The van der Waals surface area contributed by atoms with E-state index in [4.69, 9.17) is 14.2 Å². The molecule has 0 bridgehead atoms. The van der Waals surface area contributed by atoms with E-state index in [-0.39, 0.29) is 31.1 Å². The van der Waals surface area contributed by atoms with Gasteiger partial charge in [-0.3, -0.25) is 14.4 Å². The minimum atomic E-state index is -0.782. The molecular weight excluding hydrogens is 997 g/mol. The monoisotopic (exact) mass is 1130 g/mol. The molecule has 6 nitrogen and oxygen atoms in total. The Bertz CT molecular complexity index is 1490. The molecule has 1 atom stereocenters. The SMILES string of the molecule is CCCCC/C=C\C/C=C\CCCCCCCCCCCC(=O)OC(COC(=O)CCCCCCCCC/C=C\CCCCCCCC)COC(=O)CCCCCCCCCCCCCC/C=C\C/C=C\C/C=C\CCCCCCC. The van der Waals surface area contributed by atoms with Gasteiger partial charge in [-0.15, -0.1) is 0 Å². The minimum Gasteiger partial charge on any atom is -0.462 e. The summed E-state index contributed by atoms with van der Waals surface area (Å²) >= 11 is 0. The second-order valence-electron chi connectivity index (χ2n) is 23.8. The number of hydrogen-bond donors (Lipinski definition) is 0. The van der Waals surface area contributed by atoms with Gasteiger partial charge in [0.25, 0.3) is 0 Å². The van der Waals surface area contributed by atoms with Crippen LogP contribution >= 0.6 is 0 Å². The van der Waals surface area contributed by atoms with E-state index in [9.17, 15) is 14.4 Å². The standard InChI is InChI=1S/C75H134O6/c1-4-7-10-13-16-19-22-25-28-31-33-34-35-36-37-38-39-40-42-44-47-50-53-56-59-62-65-68-74(77)80-71-72(70-79-73(76)67-64-61-58-55-52-49-46-43-30-27-24-21-18-15-12-9-6-3)81-75(78)69-66-63-60-57-54-51-48-45-41-32-29-26-23-20-17-14-11-8-5-2/h17,20,22,25-27,29-31,33,35-36,72H,4-16,18-19,21,23-24,28,32,34,37-71H2,1-3H3/b20-17-,25-22-,29-26-,30-27-,33-31-,36-35-. The predicted molar refractivity (Wildman–Crippen MR) is 353 cm³/mol. The minimum absolute atomic E-state index is 0.0771. The summed E-state index contributed by atoms with van der Waals surface area (Å²) in [7, 11) is 0. The first-order valence-electron chi connectivity index (χ1n) is 35.4. The highest BCUT2D eigenvalue weighted by atomic mass is 16.6. The van der Waals surface area contributed by atoms with E-state index in [1.165, 1.54) is 250 Å². The summed E-state index contributed by atoms with van der Waals surface area (Å²) in [5.41, 5.74) is 0. The smallest absolute Gasteiger partial charge is 0.306 e. The van der Waals surface area contributed by atoms with Crippen LogP contribution in [0.2, 0.25) is 0 Å². The second kappa shape index (κ2) is 69.3.